The van der Waals surface area contributed by atoms with E-state index in [1.54, 1.807) is 18.3 Å². The first-order valence-electron chi connectivity index (χ1n) is 10.1. The SMILES string of the molecule is O=C(NC1(c2ccc(OC(F)(F)F)cc2)CCOc2cccnc21)c1cc2ccccc2s1. The van der Waals surface area contributed by atoms with Crippen LogP contribution >= 0.6 is 11.3 Å². The lowest BCUT2D eigenvalue weighted by Gasteiger charge is -2.38. The molecule has 1 N–H and O–H groups in total. The lowest BCUT2D eigenvalue weighted by Crippen LogP contribution is -2.50. The van der Waals surface area contributed by atoms with Crippen molar-refractivity contribution in [3.05, 3.63) is 89.1 Å². The number of hydrogen-bond donors (Lipinski definition) is 1. The molecule has 0 aliphatic carbocycles. The number of halogens is 3. The van der Waals surface area contributed by atoms with Gasteiger partial charge in [-0.1, -0.05) is 30.3 Å². The molecule has 168 valence electrons. The van der Waals surface area contributed by atoms with E-state index in [-0.39, 0.29) is 11.7 Å². The molecule has 0 saturated heterocycles. The molecule has 33 heavy (non-hydrogen) atoms. The van der Waals surface area contributed by atoms with Crippen molar-refractivity contribution in [2.45, 2.75) is 18.3 Å². The minimum Gasteiger partial charge on any atom is -0.491 e. The first kappa shape index (κ1) is 21.3. The second kappa shape index (κ2) is 8.08. The average molecular weight is 470 g/mol. The van der Waals surface area contributed by atoms with E-state index in [1.165, 1.54) is 35.6 Å². The Morgan fingerprint density at radius 3 is 2.64 bits per heavy atom. The molecule has 1 aliphatic heterocycles. The van der Waals surface area contributed by atoms with E-state index >= 15 is 0 Å². The lowest BCUT2D eigenvalue weighted by atomic mass is 9.81. The van der Waals surface area contributed by atoms with E-state index in [0.717, 1.165) is 10.1 Å². The molecule has 5 nitrogen and oxygen atoms in total. The maximum atomic E-state index is 13.4. The number of benzene rings is 2. The largest absolute Gasteiger partial charge is 0.573 e. The van der Waals surface area contributed by atoms with Crippen molar-refractivity contribution < 1.29 is 27.4 Å². The molecule has 0 bridgehead atoms. The Kier molecular flexibility index (Phi) is 5.20. The van der Waals surface area contributed by atoms with E-state index in [0.29, 0.717) is 34.9 Å². The number of carbonyl (C=O) groups excluding carboxylic acids is 1. The molecular formula is C24H17F3N2O3S. The summed E-state index contributed by atoms with van der Waals surface area (Å²) in [5.74, 6) is -0.133. The van der Waals surface area contributed by atoms with Crippen LogP contribution in [-0.2, 0) is 5.54 Å². The molecule has 0 radical (unpaired) electrons. The van der Waals surface area contributed by atoms with Crippen molar-refractivity contribution >= 4 is 27.3 Å². The molecule has 0 saturated carbocycles. The number of nitrogens with one attached hydrogen (secondary N) is 1. The monoisotopic (exact) mass is 470 g/mol. The van der Waals surface area contributed by atoms with Crippen LogP contribution in [0.3, 0.4) is 0 Å². The fourth-order valence-corrected chi connectivity index (χ4v) is 4.98. The van der Waals surface area contributed by atoms with Gasteiger partial charge in [0.1, 0.15) is 22.7 Å². The van der Waals surface area contributed by atoms with Crippen LogP contribution in [0.25, 0.3) is 10.1 Å². The molecule has 0 fully saturated rings. The number of pyridine rings is 1. The Labute approximate surface area is 190 Å². The normalized spacial score (nSPS) is 17.8. The van der Waals surface area contributed by atoms with Gasteiger partial charge >= 0.3 is 6.36 Å². The third-order valence-corrected chi connectivity index (χ3v) is 6.58. The second-order valence-electron chi connectivity index (χ2n) is 7.53. The third-order valence-electron chi connectivity index (χ3n) is 5.47. The van der Waals surface area contributed by atoms with Gasteiger partial charge in [0.2, 0.25) is 0 Å². The van der Waals surface area contributed by atoms with Gasteiger partial charge < -0.3 is 14.8 Å². The Hall–Kier alpha value is -3.59. The number of fused-ring (bicyclic) bond motifs is 2. The van der Waals surface area contributed by atoms with E-state index in [4.69, 9.17) is 4.74 Å². The predicted octanol–water partition coefficient (Wildman–Crippen LogP) is 5.65. The number of thiophene rings is 1. The second-order valence-corrected chi connectivity index (χ2v) is 8.61. The van der Waals surface area contributed by atoms with Crippen molar-refractivity contribution in [1.82, 2.24) is 10.3 Å². The minimum atomic E-state index is -4.79. The van der Waals surface area contributed by atoms with Crippen molar-refractivity contribution in [3.63, 3.8) is 0 Å². The number of rotatable bonds is 4. The molecule has 5 rings (SSSR count). The Bertz CT molecular complexity index is 1290. The van der Waals surface area contributed by atoms with Gasteiger partial charge in [-0.15, -0.1) is 24.5 Å². The van der Waals surface area contributed by atoms with E-state index in [9.17, 15) is 18.0 Å². The molecule has 4 aromatic rings. The molecule has 1 atom stereocenters. The fourth-order valence-electron chi connectivity index (χ4n) is 4.03. The molecule has 1 amide bonds. The number of aromatic nitrogens is 1. The quantitative estimate of drug-likeness (QED) is 0.419. The smallest absolute Gasteiger partial charge is 0.491 e. The summed E-state index contributed by atoms with van der Waals surface area (Å²) in [6.45, 7) is 0.298. The molecule has 1 aliphatic rings. The predicted molar refractivity (Wildman–Crippen MR) is 118 cm³/mol. The van der Waals surface area contributed by atoms with Gasteiger partial charge in [0.15, 0.2) is 0 Å². The topological polar surface area (TPSA) is 60.5 Å². The highest BCUT2D eigenvalue weighted by Crippen LogP contribution is 2.41. The summed E-state index contributed by atoms with van der Waals surface area (Å²) in [7, 11) is 0. The molecule has 0 spiro atoms. The first-order valence-corrected chi connectivity index (χ1v) is 10.9. The first-order chi connectivity index (χ1) is 15.8. The highest BCUT2D eigenvalue weighted by Gasteiger charge is 2.43. The molecular weight excluding hydrogens is 453 g/mol. The third kappa shape index (κ3) is 4.11. The van der Waals surface area contributed by atoms with Crippen molar-refractivity contribution in [2.24, 2.45) is 0 Å². The Morgan fingerprint density at radius 1 is 1.09 bits per heavy atom. The molecule has 1 unspecified atom stereocenters. The lowest BCUT2D eigenvalue weighted by molar-refractivity contribution is -0.274. The number of hydrogen-bond acceptors (Lipinski definition) is 5. The van der Waals surface area contributed by atoms with Crippen LogP contribution in [0.15, 0.2) is 72.9 Å². The van der Waals surface area contributed by atoms with Crippen LogP contribution in [-0.4, -0.2) is 23.9 Å². The van der Waals surface area contributed by atoms with Crippen LogP contribution in [0.1, 0.15) is 27.3 Å². The summed E-state index contributed by atoms with van der Waals surface area (Å²) in [5, 5.41) is 4.07. The van der Waals surface area contributed by atoms with E-state index in [2.05, 4.69) is 15.0 Å². The van der Waals surface area contributed by atoms with Gasteiger partial charge in [0.05, 0.1) is 11.5 Å². The number of ether oxygens (including phenoxy) is 2. The summed E-state index contributed by atoms with van der Waals surface area (Å²) in [4.78, 5) is 18.4. The maximum absolute atomic E-state index is 13.4. The zero-order chi connectivity index (χ0) is 23.1. The number of amides is 1. The van der Waals surface area contributed by atoms with Gasteiger partial charge in [-0.05, 0) is 47.3 Å². The summed E-state index contributed by atoms with van der Waals surface area (Å²) in [5.41, 5.74) is -0.0104. The zero-order valence-corrected chi connectivity index (χ0v) is 17.9. The van der Waals surface area contributed by atoms with Crippen LogP contribution in [0.2, 0.25) is 0 Å². The number of alkyl halides is 3. The van der Waals surface area contributed by atoms with Gasteiger partial charge in [-0.25, -0.2) is 0 Å². The van der Waals surface area contributed by atoms with Gasteiger partial charge in [0, 0.05) is 17.3 Å². The zero-order valence-electron chi connectivity index (χ0n) is 17.1. The van der Waals surface area contributed by atoms with Crippen molar-refractivity contribution in [3.8, 4) is 11.5 Å². The van der Waals surface area contributed by atoms with Gasteiger partial charge in [-0.2, -0.15) is 0 Å². The standard InChI is InChI=1S/C24H17F3N2O3S/c25-24(26,27)32-17-9-7-16(8-10-17)23(11-13-31-18-5-3-12-28-21(18)23)29-22(30)20-14-15-4-1-2-6-19(15)33-20/h1-10,12,14H,11,13H2,(H,29,30). The van der Waals surface area contributed by atoms with E-state index < -0.39 is 11.9 Å². The highest BCUT2D eigenvalue weighted by molar-refractivity contribution is 7.20. The molecule has 2 aromatic heterocycles. The highest BCUT2D eigenvalue weighted by atomic mass is 32.1. The van der Waals surface area contributed by atoms with Crippen LogP contribution < -0.4 is 14.8 Å². The Balaban J connectivity index is 1.56. The van der Waals surface area contributed by atoms with Crippen molar-refractivity contribution in [1.29, 1.82) is 0 Å². The van der Waals surface area contributed by atoms with Crippen molar-refractivity contribution in [2.75, 3.05) is 6.61 Å². The van der Waals surface area contributed by atoms with Crippen LogP contribution in [0.5, 0.6) is 11.5 Å². The molecule has 3 heterocycles. The fraction of sp³-hybridized carbons (Fsp3) is 0.167. The van der Waals surface area contributed by atoms with Gasteiger partial charge in [-0.3, -0.25) is 9.78 Å². The van der Waals surface area contributed by atoms with Gasteiger partial charge in [0.25, 0.3) is 5.91 Å². The maximum Gasteiger partial charge on any atom is 0.573 e. The minimum absolute atomic E-state index is 0.298. The summed E-state index contributed by atoms with van der Waals surface area (Å²) in [6.07, 6.45) is -2.84. The molecule has 9 heteroatoms. The summed E-state index contributed by atoms with van der Waals surface area (Å²) < 4.78 is 48.6. The summed E-state index contributed by atoms with van der Waals surface area (Å²) >= 11 is 1.37. The number of carbonyl (C=O) groups is 1. The van der Waals surface area contributed by atoms with Crippen LogP contribution in [0, 0.1) is 0 Å². The average Bonchev–Trinajstić information content (AvgIpc) is 3.23. The van der Waals surface area contributed by atoms with E-state index in [1.807, 2.05) is 30.3 Å². The number of nitrogens with zero attached hydrogens (tertiary/aromatic N) is 1. The van der Waals surface area contributed by atoms with Crippen LogP contribution in [0.4, 0.5) is 13.2 Å². The Morgan fingerprint density at radius 2 is 1.88 bits per heavy atom. The molecule has 2 aromatic carbocycles. The summed E-state index contributed by atoms with van der Waals surface area (Å²) in [6, 6.07) is 18.5.